The lowest BCUT2D eigenvalue weighted by Gasteiger charge is -2.03. The molecule has 0 aliphatic heterocycles. The van der Waals surface area contributed by atoms with E-state index in [2.05, 4.69) is 0 Å². The van der Waals surface area contributed by atoms with Crippen molar-refractivity contribution in [2.24, 2.45) is 0 Å². The summed E-state index contributed by atoms with van der Waals surface area (Å²) < 4.78 is 6.94. The van der Waals surface area contributed by atoms with Crippen molar-refractivity contribution >= 4 is 17.3 Å². The topological polar surface area (TPSA) is 68.0 Å². The average molecular weight is 351 g/mol. The van der Waals surface area contributed by atoms with Gasteiger partial charge in [0, 0.05) is 29.4 Å². The fourth-order valence-electron chi connectivity index (χ4n) is 3.01. The lowest BCUT2D eigenvalue weighted by Crippen LogP contribution is -2.04. The molecule has 0 saturated carbocycles. The van der Waals surface area contributed by atoms with Gasteiger partial charge in [0.05, 0.1) is 12.1 Å². The second-order valence-corrected chi connectivity index (χ2v) is 6.04. The molecule has 1 aromatic carbocycles. The maximum absolute atomic E-state index is 12.9. The van der Waals surface area contributed by atoms with Gasteiger partial charge in [0.15, 0.2) is 5.78 Å². The fraction of sp³-hybridized carbons (Fsp3) is 0.238. The average Bonchev–Trinajstić information content (AvgIpc) is 3.01. The highest BCUT2D eigenvalue weighted by atomic mass is 16.5. The summed E-state index contributed by atoms with van der Waals surface area (Å²) in [6.45, 7) is 2.18. The Morgan fingerprint density at radius 2 is 1.88 bits per heavy atom. The minimum atomic E-state index is -0.200. The van der Waals surface area contributed by atoms with Gasteiger partial charge in [-0.3, -0.25) is 9.59 Å². The van der Waals surface area contributed by atoms with Crippen molar-refractivity contribution in [1.82, 2.24) is 4.40 Å². The third-order valence-electron chi connectivity index (χ3n) is 4.25. The zero-order chi connectivity index (χ0) is 18.5. The lowest BCUT2D eigenvalue weighted by atomic mass is 10.0. The van der Waals surface area contributed by atoms with Gasteiger partial charge >= 0.3 is 5.97 Å². The number of ether oxygens (including phenoxy) is 1. The Bertz CT molecular complexity index is 925. The summed E-state index contributed by atoms with van der Waals surface area (Å²) in [5.74, 6) is -0.165. The number of hydrogen-bond donors (Lipinski definition) is 1. The van der Waals surface area contributed by atoms with Crippen LogP contribution in [0.15, 0.2) is 54.7 Å². The standard InChI is InChI=1S/C21H21NO4/c1-2-26-20(24)8-5-6-16-14-18(19-7-3-4-13-22(16)19)21(25)15-9-11-17(23)12-10-15/h3-4,7,9-14,23H,2,5-6,8H2,1H3. The largest absolute Gasteiger partial charge is 0.508 e. The number of hydrogen-bond acceptors (Lipinski definition) is 4. The van der Waals surface area contributed by atoms with Crippen LogP contribution in [0.5, 0.6) is 5.75 Å². The van der Waals surface area contributed by atoms with Crippen LogP contribution in [0.25, 0.3) is 5.52 Å². The van der Waals surface area contributed by atoms with Crippen molar-refractivity contribution in [2.75, 3.05) is 6.61 Å². The van der Waals surface area contributed by atoms with E-state index in [1.807, 2.05) is 34.9 Å². The number of phenolic OH excluding ortho intramolecular Hbond substituents is 1. The molecule has 0 saturated heterocycles. The number of carbonyl (C=O) groups is 2. The van der Waals surface area contributed by atoms with Crippen LogP contribution in [0.3, 0.4) is 0 Å². The quantitative estimate of drug-likeness (QED) is 0.520. The Morgan fingerprint density at radius 3 is 2.62 bits per heavy atom. The van der Waals surface area contributed by atoms with Crippen LogP contribution >= 0.6 is 0 Å². The van der Waals surface area contributed by atoms with Crippen molar-refractivity contribution in [1.29, 1.82) is 0 Å². The van der Waals surface area contributed by atoms with Crippen molar-refractivity contribution < 1.29 is 19.4 Å². The Kier molecular flexibility index (Phi) is 5.37. The van der Waals surface area contributed by atoms with Gasteiger partial charge < -0.3 is 14.2 Å². The Hall–Kier alpha value is -3.08. The number of fused-ring (bicyclic) bond motifs is 1. The molecule has 0 radical (unpaired) electrons. The SMILES string of the molecule is CCOC(=O)CCCc1cc(C(=O)c2ccc(O)cc2)c2ccccn12. The van der Waals surface area contributed by atoms with Crippen LogP contribution in [0.1, 0.15) is 41.4 Å². The summed E-state index contributed by atoms with van der Waals surface area (Å²) in [6, 6.07) is 13.8. The molecular weight excluding hydrogens is 330 g/mol. The minimum absolute atomic E-state index is 0.0923. The molecule has 3 rings (SSSR count). The number of benzene rings is 1. The van der Waals surface area contributed by atoms with E-state index in [1.54, 1.807) is 19.1 Å². The maximum Gasteiger partial charge on any atom is 0.305 e. The molecule has 0 fully saturated rings. The Labute approximate surface area is 151 Å². The number of aromatic hydroxyl groups is 1. The smallest absolute Gasteiger partial charge is 0.305 e. The monoisotopic (exact) mass is 351 g/mol. The molecule has 2 heterocycles. The van der Waals surface area contributed by atoms with Crippen molar-refractivity contribution in [3.63, 3.8) is 0 Å². The van der Waals surface area contributed by atoms with Crippen LogP contribution in [0.2, 0.25) is 0 Å². The van der Waals surface area contributed by atoms with Crippen LogP contribution in [0.4, 0.5) is 0 Å². The second kappa shape index (κ2) is 7.87. The summed E-state index contributed by atoms with van der Waals surface area (Å²) in [5.41, 5.74) is 2.95. The van der Waals surface area contributed by atoms with Gasteiger partial charge in [-0.05, 0) is 62.2 Å². The molecule has 0 bridgehead atoms. The summed E-state index contributed by atoms with van der Waals surface area (Å²) in [6.07, 6.45) is 3.61. The van der Waals surface area contributed by atoms with E-state index >= 15 is 0 Å². The van der Waals surface area contributed by atoms with E-state index < -0.39 is 0 Å². The van der Waals surface area contributed by atoms with E-state index in [0.29, 0.717) is 37.0 Å². The third-order valence-corrected chi connectivity index (χ3v) is 4.25. The van der Waals surface area contributed by atoms with Gasteiger partial charge in [-0.2, -0.15) is 0 Å². The Morgan fingerprint density at radius 1 is 1.12 bits per heavy atom. The Balaban J connectivity index is 1.86. The molecule has 0 aliphatic carbocycles. The van der Waals surface area contributed by atoms with Gasteiger partial charge in [0.2, 0.25) is 0 Å². The van der Waals surface area contributed by atoms with E-state index in [4.69, 9.17) is 4.74 Å². The van der Waals surface area contributed by atoms with Crippen LogP contribution < -0.4 is 0 Å². The van der Waals surface area contributed by atoms with E-state index in [0.717, 1.165) is 11.2 Å². The van der Waals surface area contributed by atoms with Gasteiger partial charge in [-0.1, -0.05) is 6.07 Å². The molecule has 3 aromatic rings. The number of phenols is 1. The normalized spacial score (nSPS) is 10.8. The van der Waals surface area contributed by atoms with Crippen molar-refractivity contribution in [2.45, 2.75) is 26.2 Å². The highest BCUT2D eigenvalue weighted by Crippen LogP contribution is 2.23. The van der Waals surface area contributed by atoms with Crippen LogP contribution in [0, 0.1) is 0 Å². The zero-order valence-corrected chi connectivity index (χ0v) is 14.6. The molecule has 26 heavy (non-hydrogen) atoms. The number of ketones is 1. The maximum atomic E-state index is 12.9. The molecule has 1 N–H and O–H groups in total. The fourth-order valence-corrected chi connectivity index (χ4v) is 3.01. The highest BCUT2D eigenvalue weighted by molar-refractivity contribution is 6.13. The molecular formula is C21H21NO4. The first-order valence-corrected chi connectivity index (χ1v) is 8.68. The first kappa shape index (κ1) is 17.7. The molecule has 134 valence electrons. The molecule has 2 aromatic heterocycles. The number of aromatic nitrogens is 1. The summed E-state index contributed by atoms with van der Waals surface area (Å²) >= 11 is 0. The molecule has 5 heteroatoms. The number of esters is 1. The number of aryl methyl sites for hydroxylation is 1. The predicted octanol–water partition coefficient (Wildman–Crippen LogP) is 3.76. The van der Waals surface area contributed by atoms with E-state index in [9.17, 15) is 14.7 Å². The molecule has 0 aliphatic rings. The summed E-state index contributed by atoms with van der Waals surface area (Å²) in [4.78, 5) is 24.4. The minimum Gasteiger partial charge on any atom is -0.508 e. The number of carbonyl (C=O) groups excluding carboxylic acids is 2. The first-order valence-electron chi connectivity index (χ1n) is 8.68. The third kappa shape index (κ3) is 3.77. The van der Waals surface area contributed by atoms with Gasteiger partial charge in [0.1, 0.15) is 5.75 Å². The molecule has 0 unspecified atom stereocenters. The summed E-state index contributed by atoms with van der Waals surface area (Å²) in [7, 11) is 0. The van der Waals surface area contributed by atoms with Crippen molar-refractivity contribution in [3.8, 4) is 5.75 Å². The first-order chi connectivity index (χ1) is 12.6. The second-order valence-electron chi connectivity index (χ2n) is 6.04. The number of rotatable bonds is 7. The predicted molar refractivity (Wildman–Crippen MR) is 98.5 cm³/mol. The van der Waals surface area contributed by atoms with Gasteiger partial charge in [0.25, 0.3) is 0 Å². The van der Waals surface area contributed by atoms with Gasteiger partial charge in [-0.25, -0.2) is 0 Å². The van der Waals surface area contributed by atoms with Gasteiger partial charge in [-0.15, -0.1) is 0 Å². The lowest BCUT2D eigenvalue weighted by molar-refractivity contribution is -0.143. The number of pyridine rings is 1. The van der Waals surface area contributed by atoms with E-state index in [-0.39, 0.29) is 17.5 Å². The van der Waals surface area contributed by atoms with Crippen LogP contribution in [-0.2, 0) is 16.0 Å². The molecule has 5 nitrogen and oxygen atoms in total. The summed E-state index contributed by atoms with van der Waals surface area (Å²) in [5, 5.41) is 9.41. The van der Waals surface area contributed by atoms with Crippen molar-refractivity contribution in [3.05, 3.63) is 71.5 Å². The molecule has 0 atom stereocenters. The van der Waals surface area contributed by atoms with E-state index in [1.165, 1.54) is 12.1 Å². The molecule has 0 spiro atoms. The molecule has 0 amide bonds. The number of nitrogens with zero attached hydrogens (tertiary/aromatic N) is 1. The zero-order valence-electron chi connectivity index (χ0n) is 14.6. The highest BCUT2D eigenvalue weighted by Gasteiger charge is 2.17. The van der Waals surface area contributed by atoms with Crippen LogP contribution in [-0.4, -0.2) is 27.9 Å².